The number of rotatable bonds is 3. The van der Waals surface area contributed by atoms with E-state index in [1.165, 1.54) is 5.56 Å². The fourth-order valence-corrected chi connectivity index (χ4v) is 1.94. The molecule has 1 aromatic heterocycles. The SMILES string of the molecule is C[C@H](O)c1cccnc1Oc1ccc(C(C)(C)C)cc1. The zero-order chi connectivity index (χ0) is 14.8. The van der Waals surface area contributed by atoms with Gasteiger partial charge in [0.05, 0.1) is 6.10 Å². The minimum absolute atomic E-state index is 0.119. The quantitative estimate of drug-likeness (QED) is 0.908. The predicted molar refractivity (Wildman–Crippen MR) is 80.1 cm³/mol. The Hall–Kier alpha value is -1.87. The number of ether oxygens (including phenoxy) is 1. The van der Waals surface area contributed by atoms with E-state index in [9.17, 15) is 5.11 Å². The highest BCUT2D eigenvalue weighted by molar-refractivity contribution is 5.36. The average Bonchev–Trinajstić information content (AvgIpc) is 2.38. The number of pyridine rings is 1. The van der Waals surface area contributed by atoms with Crippen LogP contribution in [0.3, 0.4) is 0 Å². The summed E-state index contributed by atoms with van der Waals surface area (Å²) >= 11 is 0. The summed E-state index contributed by atoms with van der Waals surface area (Å²) in [4.78, 5) is 4.18. The van der Waals surface area contributed by atoms with Gasteiger partial charge in [-0.2, -0.15) is 0 Å². The summed E-state index contributed by atoms with van der Waals surface area (Å²) < 4.78 is 5.77. The number of aromatic nitrogens is 1. The molecule has 106 valence electrons. The Balaban J connectivity index is 2.23. The number of aliphatic hydroxyl groups excluding tert-OH is 1. The lowest BCUT2D eigenvalue weighted by Crippen LogP contribution is -2.10. The Morgan fingerprint density at radius 1 is 1.10 bits per heavy atom. The van der Waals surface area contributed by atoms with Crippen LogP contribution in [0.25, 0.3) is 0 Å². The molecule has 0 fully saturated rings. The molecule has 0 spiro atoms. The maximum absolute atomic E-state index is 9.71. The highest BCUT2D eigenvalue weighted by atomic mass is 16.5. The van der Waals surface area contributed by atoms with Crippen LogP contribution in [0.5, 0.6) is 11.6 Å². The molecule has 0 aliphatic carbocycles. The molecule has 1 N–H and O–H groups in total. The average molecular weight is 271 g/mol. The van der Waals surface area contributed by atoms with Crippen LogP contribution in [0.1, 0.15) is 44.9 Å². The molecule has 3 nitrogen and oxygen atoms in total. The number of benzene rings is 1. The van der Waals surface area contributed by atoms with Gasteiger partial charge in [0, 0.05) is 11.8 Å². The molecule has 20 heavy (non-hydrogen) atoms. The van der Waals surface area contributed by atoms with Gasteiger partial charge in [-0.25, -0.2) is 4.98 Å². The van der Waals surface area contributed by atoms with Crippen molar-refractivity contribution in [2.75, 3.05) is 0 Å². The topological polar surface area (TPSA) is 42.4 Å². The predicted octanol–water partition coefficient (Wildman–Crippen LogP) is 4.22. The lowest BCUT2D eigenvalue weighted by atomic mass is 9.87. The van der Waals surface area contributed by atoms with Crippen LogP contribution in [0, 0.1) is 0 Å². The molecule has 0 aliphatic heterocycles. The lowest BCUT2D eigenvalue weighted by molar-refractivity contribution is 0.194. The highest BCUT2D eigenvalue weighted by Gasteiger charge is 2.14. The molecule has 1 atom stereocenters. The van der Waals surface area contributed by atoms with Gasteiger partial charge in [-0.3, -0.25) is 0 Å². The van der Waals surface area contributed by atoms with Gasteiger partial charge in [-0.1, -0.05) is 32.9 Å². The molecule has 0 radical (unpaired) electrons. The van der Waals surface area contributed by atoms with Crippen molar-refractivity contribution in [3.05, 3.63) is 53.7 Å². The van der Waals surface area contributed by atoms with E-state index in [0.29, 0.717) is 11.4 Å². The Kier molecular flexibility index (Phi) is 4.09. The summed E-state index contributed by atoms with van der Waals surface area (Å²) in [6, 6.07) is 11.6. The van der Waals surface area contributed by atoms with Crippen molar-refractivity contribution < 1.29 is 9.84 Å². The van der Waals surface area contributed by atoms with E-state index in [1.54, 1.807) is 19.2 Å². The standard InChI is InChI=1S/C17H21NO2/c1-12(19)15-6-5-11-18-16(15)20-14-9-7-13(8-10-14)17(2,3)4/h5-12,19H,1-4H3/t12-/m0/s1. The summed E-state index contributed by atoms with van der Waals surface area (Å²) in [5.74, 6) is 1.17. The van der Waals surface area contributed by atoms with Crippen LogP contribution < -0.4 is 4.74 Å². The van der Waals surface area contributed by atoms with E-state index in [2.05, 4.69) is 37.9 Å². The molecule has 0 aliphatic rings. The maximum atomic E-state index is 9.71. The molecule has 0 unspecified atom stereocenters. The van der Waals surface area contributed by atoms with Crippen molar-refractivity contribution in [3.63, 3.8) is 0 Å². The molecule has 2 aromatic rings. The normalized spacial score (nSPS) is 13.1. The molecule has 1 heterocycles. The summed E-state index contributed by atoms with van der Waals surface area (Å²) in [5.41, 5.74) is 2.06. The first-order chi connectivity index (χ1) is 9.38. The zero-order valence-corrected chi connectivity index (χ0v) is 12.4. The van der Waals surface area contributed by atoms with E-state index in [-0.39, 0.29) is 5.41 Å². The van der Waals surface area contributed by atoms with E-state index in [4.69, 9.17) is 4.74 Å². The minimum Gasteiger partial charge on any atom is -0.439 e. The van der Waals surface area contributed by atoms with Gasteiger partial charge < -0.3 is 9.84 Å². The van der Waals surface area contributed by atoms with Crippen LogP contribution in [0.4, 0.5) is 0 Å². The smallest absolute Gasteiger partial charge is 0.225 e. The third-order valence-electron chi connectivity index (χ3n) is 3.19. The molecule has 0 saturated heterocycles. The van der Waals surface area contributed by atoms with Crippen molar-refractivity contribution in [2.45, 2.75) is 39.2 Å². The minimum atomic E-state index is -0.604. The monoisotopic (exact) mass is 271 g/mol. The highest BCUT2D eigenvalue weighted by Crippen LogP contribution is 2.29. The molecule has 0 amide bonds. The second-order valence-electron chi connectivity index (χ2n) is 5.95. The van der Waals surface area contributed by atoms with Crippen LogP contribution in [-0.4, -0.2) is 10.1 Å². The Morgan fingerprint density at radius 2 is 1.75 bits per heavy atom. The summed E-state index contributed by atoms with van der Waals surface area (Å²) in [6.07, 6.45) is 1.05. The van der Waals surface area contributed by atoms with E-state index >= 15 is 0 Å². The van der Waals surface area contributed by atoms with Gasteiger partial charge in [0.2, 0.25) is 5.88 Å². The summed E-state index contributed by atoms with van der Waals surface area (Å²) in [5, 5.41) is 9.71. The van der Waals surface area contributed by atoms with E-state index < -0.39 is 6.10 Å². The van der Waals surface area contributed by atoms with E-state index in [0.717, 1.165) is 5.75 Å². The first-order valence-electron chi connectivity index (χ1n) is 6.79. The summed E-state index contributed by atoms with van der Waals surface area (Å²) in [6.45, 7) is 8.22. The third-order valence-corrected chi connectivity index (χ3v) is 3.19. The van der Waals surface area contributed by atoms with Crippen molar-refractivity contribution in [3.8, 4) is 11.6 Å². The number of hydrogen-bond donors (Lipinski definition) is 1. The van der Waals surface area contributed by atoms with Gasteiger partial charge in [-0.15, -0.1) is 0 Å². The number of nitrogens with zero attached hydrogens (tertiary/aromatic N) is 1. The van der Waals surface area contributed by atoms with Crippen molar-refractivity contribution in [1.82, 2.24) is 4.98 Å². The first-order valence-corrected chi connectivity index (χ1v) is 6.79. The third kappa shape index (κ3) is 3.36. The molecule has 0 bridgehead atoms. The van der Waals surface area contributed by atoms with Crippen LogP contribution in [-0.2, 0) is 5.41 Å². The van der Waals surface area contributed by atoms with Crippen LogP contribution in [0.15, 0.2) is 42.6 Å². The molecule has 1 aromatic carbocycles. The maximum Gasteiger partial charge on any atom is 0.225 e. The zero-order valence-electron chi connectivity index (χ0n) is 12.4. The Bertz CT molecular complexity index is 568. The molecule has 0 saturated carbocycles. The Morgan fingerprint density at radius 3 is 2.30 bits per heavy atom. The van der Waals surface area contributed by atoms with Gasteiger partial charge in [0.15, 0.2) is 0 Å². The van der Waals surface area contributed by atoms with E-state index in [1.807, 2.05) is 18.2 Å². The van der Waals surface area contributed by atoms with Crippen LogP contribution >= 0.6 is 0 Å². The Labute approximate surface area is 120 Å². The summed E-state index contributed by atoms with van der Waals surface area (Å²) in [7, 11) is 0. The largest absolute Gasteiger partial charge is 0.439 e. The lowest BCUT2D eigenvalue weighted by Gasteiger charge is -2.19. The van der Waals surface area contributed by atoms with Gasteiger partial charge >= 0.3 is 0 Å². The first kappa shape index (κ1) is 14.5. The second kappa shape index (κ2) is 5.63. The van der Waals surface area contributed by atoms with Gasteiger partial charge in [0.1, 0.15) is 5.75 Å². The fourth-order valence-electron chi connectivity index (χ4n) is 1.94. The fraction of sp³-hybridized carbons (Fsp3) is 0.353. The van der Waals surface area contributed by atoms with Crippen LogP contribution in [0.2, 0.25) is 0 Å². The van der Waals surface area contributed by atoms with Crippen molar-refractivity contribution in [2.24, 2.45) is 0 Å². The molecular formula is C17H21NO2. The molecule has 3 heteroatoms. The second-order valence-corrected chi connectivity index (χ2v) is 5.95. The van der Waals surface area contributed by atoms with Crippen molar-refractivity contribution in [1.29, 1.82) is 0 Å². The van der Waals surface area contributed by atoms with Gasteiger partial charge in [0.25, 0.3) is 0 Å². The van der Waals surface area contributed by atoms with Gasteiger partial charge in [-0.05, 0) is 42.2 Å². The van der Waals surface area contributed by atoms with Crippen molar-refractivity contribution >= 4 is 0 Å². The number of hydrogen-bond acceptors (Lipinski definition) is 3. The number of aliphatic hydroxyl groups is 1. The molecule has 2 rings (SSSR count). The molecular weight excluding hydrogens is 250 g/mol.